The van der Waals surface area contributed by atoms with Crippen molar-refractivity contribution in [2.45, 2.75) is 19.3 Å². The lowest BCUT2D eigenvalue weighted by Gasteiger charge is -2.30. The number of hydrogen-bond acceptors (Lipinski definition) is 3. The summed E-state index contributed by atoms with van der Waals surface area (Å²) in [5.41, 5.74) is 12.8. The topological polar surface area (TPSA) is 43.0 Å². The highest BCUT2D eigenvalue weighted by Gasteiger charge is 2.52. The summed E-state index contributed by atoms with van der Waals surface area (Å²) in [7, 11) is 0. The number of fused-ring (bicyclic) bond motifs is 18. The Hall–Kier alpha value is -6.56. The zero-order chi connectivity index (χ0) is 35.8. The Labute approximate surface area is 311 Å². The van der Waals surface area contributed by atoms with Crippen LogP contribution in [0.5, 0.6) is 0 Å². The van der Waals surface area contributed by atoms with Crippen molar-refractivity contribution in [3.63, 3.8) is 0 Å². The van der Waals surface area contributed by atoms with Gasteiger partial charge in [0.15, 0.2) is 0 Å². The highest BCUT2D eigenvalue weighted by molar-refractivity contribution is 7.09. The van der Waals surface area contributed by atoms with Crippen LogP contribution in [-0.2, 0) is 5.41 Å². The van der Waals surface area contributed by atoms with Gasteiger partial charge in [-0.15, -0.1) is 0 Å². The van der Waals surface area contributed by atoms with Crippen LogP contribution >= 0.6 is 11.3 Å². The average molecular weight is 709 g/mol. The number of benzene rings is 6. The van der Waals surface area contributed by atoms with E-state index in [4.69, 9.17) is 0 Å². The van der Waals surface area contributed by atoms with Gasteiger partial charge in [-0.3, -0.25) is 18.4 Å². The van der Waals surface area contributed by atoms with Crippen LogP contribution < -0.4 is 21.6 Å². The molecule has 0 bridgehead atoms. The molecule has 2 aliphatic carbocycles. The monoisotopic (exact) mass is 708 g/mol. The normalized spacial score (nSPS) is 15.0. The molecule has 5 aromatic heterocycles. The minimum atomic E-state index is -0.603. The second kappa shape index (κ2) is 9.51. The first kappa shape index (κ1) is 29.0. The lowest BCUT2D eigenvalue weighted by molar-refractivity contribution is 0.796. The van der Waals surface area contributed by atoms with Crippen LogP contribution in [0.2, 0.25) is 0 Å². The predicted octanol–water partition coefficient (Wildman–Crippen LogP) is 9.56. The molecule has 5 heterocycles. The average Bonchev–Trinajstić information content (AvgIpc) is 4.02. The molecule has 0 saturated carbocycles. The van der Waals surface area contributed by atoms with Gasteiger partial charge in [-0.25, -0.2) is 0 Å². The summed E-state index contributed by atoms with van der Waals surface area (Å²) in [5, 5.41) is 14.0. The van der Waals surface area contributed by atoms with E-state index in [1.165, 1.54) is 33.4 Å². The van der Waals surface area contributed by atoms with Gasteiger partial charge in [-0.2, -0.15) is 11.3 Å². The molecule has 13 rings (SSSR count). The minimum absolute atomic E-state index is 0.00356. The maximum absolute atomic E-state index is 14.5. The fourth-order valence-electron chi connectivity index (χ4n) is 10.9. The van der Waals surface area contributed by atoms with Crippen molar-refractivity contribution in [1.29, 1.82) is 0 Å². The van der Waals surface area contributed by atoms with Gasteiger partial charge >= 0.3 is 0 Å². The molecule has 2 aliphatic rings. The van der Waals surface area contributed by atoms with Crippen LogP contribution in [0.25, 0.3) is 99.6 Å². The van der Waals surface area contributed by atoms with E-state index in [9.17, 15) is 9.59 Å². The first-order valence-corrected chi connectivity index (χ1v) is 19.4. The fourth-order valence-corrected chi connectivity index (χ4v) is 11.7. The third kappa shape index (κ3) is 2.98. The molecule has 0 atom stereocenters. The van der Waals surface area contributed by atoms with E-state index in [2.05, 4.69) is 121 Å². The zero-order valence-electron chi connectivity index (χ0n) is 29.3. The van der Waals surface area contributed by atoms with Gasteiger partial charge in [0.2, 0.25) is 0 Å². The minimum Gasteiger partial charge on any atom is -0.275 e. The van der Waals surface area contributed by atoms with Crippen molar-refractivity contribution in [1.82, 2.24) is 8.80 Å². The van der Waals surface area contributed by atoms with Crippen LogP contribution in [0.3, 0.4) is 0 Å². The molecular formula is C49H28N2O2S. The number of rotatable bonds is 0. The number of hydrogen-bond donors (Lipinski definition) is 0. The molecule has 0 amide bonds. The summed E-state index contributed by atoms with van der Waals surface area (Å²) < 4.78 is 3.91. The SMILES string of the molecule is C/C=c1\c(=C/C)c(=O)n2c3cc4c(cc3c3cccc1c32)C1(c2ccccc2-c2ccccc21)c1cc2c3cccc5c6cscc6c(=O)n(c2cc1-4)c53. The Morgan fingerprint density at radius 2 is 0.963 bits per heavy atom. The Bertz CT molecular complexity index is 3760. The van der Waals surface area contributed by atoms with Crippen molar-refractivity contribution in [2.24, 2.45) is 0 Å². The summed E-state index contributed by atoms with van der Waals surface area (Å²) in [6.45, 7) is 3.96. The van der Waals surface area contributed by atoms with Gasteiger partial charge in [0.25, 0.3) is 11.1 Å². The molecule has 0 aliphatic heterocycles. The maximum Gasteiger partial charge on any atom is 0.264 e. The van der Waals surface area contributed by atoms with Gasteiger partial charge in [0.1, 0.15) is 0 Å². The number of nitrogens with zero attached hydrogens (tertiary/aromatic N) is 2. The number of aromatic nitrogens is 2. The van der Waals surface area contributed by atoms with Gasteiger partial charge in [-0.1, -0.05) is 97.1 Å². The van der Waals surface area contributed by atoms with E-state index in [0.717, 1.165) is 81.5 Å². The molecule has 0 unspecified atom stereocenters. The summed E-state index contributed by atoms with van der Waals surface area (Å²) in [4.78, 5) is 28.9. The van der Waals surface area contributed by atoms with Crippen molar-refractivity contribution in [3.05, 3.63) is 173 Å². The van der Waals surface area contributed by atoms with Crippen molar-refractivity contribution < 1.29 is 0 Å². The van der Waals surface area contributed by atoms with Crippen LogP contribution in [0.4, 0.5) is 0 Å². The third-order valence-corrected chi connectivity index (χ3v) is 13.6. The molecule has 0 fully saturated rings. The van der Waals surface area contributed by atoms with E-state index >= 15 is 0 Å². The lowest BCUT2D eigenvalue weighted by atomic mass is 9.70. The van der Waals surface area contributed by atoms with Crippen molar-refractivity contribution in [3.8, 4) is 22.3 Å². The highest BCUT2D eigenvalue weighted by atomic mass is 32.1. The fraction of sp³-hybridized carbons (Fsp3) is 0.0612. The molecule has 5 heteroatoms. The highest BCUT2D eigenvalue weighted by Crippen LogP contribution is 2.64. The Morgan fingerprint density at radius 3 is 1.56 bits per heavy atom. The Kier molecular flexibility index (Phi) is 5.10. The van der Waals surface area contributed by atoms with E-state index in [1.807, 2.05) is 34.1 Å². The number of thiophene rings is 1. The van der Waals surface area contributed by atoms with Crippen molar-refractivity contribution in [2.75, 3.05) is 0 Å². The van der Waals surface area contributed by atoms with Crippen LogP contribution in [0.15, 0.2) is 130 Å². The molecule has 252 valence electrons. The van der Waals surface area contributed by atoms with Crippen LogP contribution in [-0.4, -0.2) is 8.80 Å². The Morgan fingerprint density at radius 1 is 0.463 bits per heavy atom. The molecular weight excluding hydrogens is 681 g/mol. The van der Waals surface area contributed by atoms with Crippen LogP contribution in [0.1, 0.15) is 36.1 Å². The number of para-hydroxylation sites is 2. The van der Waals surface area contributed by atoms with E-state index in [1.54, 1.807) is 11.3 Å². The van der Waals surface area contributed by atoms with E-state index < -0.39 is 5.41 Å². The first-order chi connectivity index (χ1) is 26.6. The van der Waals surface area contributed by atoms with Crippen LogP contribution in [0, 0.1) is 0 Å². The molecule has 0 saturated heterocycles. The van der Waals surface area contributed by atoms with Crippen molar-refractivity contribution >= 4 is 88.6 Å². The second-order valence-corrected chi connectivity index (χ2v) is 15.7. The number of pyridine rings is 2. The zero-order valence-corrected chi connectivity index (χ0v) is 30.1. The Balaban J connectivity index is 1.29. The summed E-state index contributed by atoms with van der Waals surface area (Å²) >= 11 is 1.58. The summed E-state index contributed by atoms with van der Waals surface area (Å²) in [6, 6.07) is 39.9. The second-order valence-electron chi connectivity index (χ2n) is 15.0. The molecule has 0 N–H and O–H groups in total. The molecule has 0 radical (unpaired) electrons. The summed E-state index contributed by atoms with van der Waals surface area (Å²) in [5.74, 6) is 0. The van der Waals surface area contributed by atoms with E-state index in [0.29, 0.717) is 5.22 Å². The third-order valence-electron chi connectivity index (χ3n) is 12.9. The molecule has 6 aromatic carbocycles. The molecule has 1 spiro atoms. The molecule has 4 nitrogen and oxygen atoms in total. The standard InChI is InChI=1S/C49H28N2O2S/c1-3-25-26(4-2)47(52)50-43-21-33-34-22-44-36(31-15-10-16-32-37-23-54-24-38(37)48(53)51(44)46(31)32)20-42(34)49(41(33)19-35(43)30-14-9-13-29(25)45(30)50)39-17-7-5-11-27(39)28-12-6-8-18-40(28)49/h3-24H,1-2H3/b25-3+,26-4+. The quantitative estimate of drug-likeness (QED) is 0.158. The van der Waals surface area contributed by atoms with Gasteiger partial charge in [0, 0.05) is 48.3 Å². The van der Waals surface area contributed by atoms with Gasteiger partial charge in [-0.05, 0) is 93.2 Å². The van der Waals surface area contributed by atoms with Gasteiger partial charge in [0.05, 0.1) is 32.9 Å². The maximum atomic E-state index is 14.5. The molecule has 54 heavy (non-hydrogen) atoms. The van der Waals surface area contributed by atoms with E-state index in [-0.39, 0.29) is 11.1 Å². The smallest absolute Gasteiger partial charge is 0.264 e. The van der Waals surface area contributed by atoms with Gasteiger partial charge < -0.3 is 0 Å². The lowest BCUT2D eigenvalue weighted by Crippen LogP contribution is -2.42. The molecule has 11 aromatic rings. The first-order valence-electron chi connectivity index (χ1n) is 18.5. The summed E-state index contributed by atoms with van der Waals surface area (Å²) in [6.07, 6.45) is 4.00. The predicted molar refractivity (Wildman–Crippen MR) is 224 cm³/mol. The largest absolute Gasteiger partial charge is 0.275 e.